The van der Waals surface area contributed by atoms with Crippen molar-refractivity contribution in [2.24, 2.45) is 0 Å². The highest BCUT2D eigenvalue weighted by Crippen LogP contribution is 2.28. The monoisotopic (exact) mass is 502 g/mol. The van der Waals surface area contributed by atoms with Crippen molar-refractivity contribution < 1.29 is 13.3 Å². The first-order chi connectivity index (χ1) is 15.8. The minimum absolute atomic E-state index is 0.0700. The molecule has 0 aliphatic carbocycles. The molecule has 0 bridgehead atoms. The molecule has 1 aromatic carbocycles. The molecule has 0 fully saturated rings. The van der Waals surface area contributed by atoms with Crippen molar-refractivity contribution in [3.8, 4) is 0 Å². The molecule has 0 aliphatic heterocycles. The molecule has 0 saturated heterocycles. The summed E-state index contributed by atoms with van der Waals surface area (Å²) in [6.07, 6.45) is 20.3. The molecule has 6 nitrogen and oxygen atoms in total. The largest absolute Gasteiger partial charge is 0.289 e. The summed E-state index contributed by atoms with van der Waals surface area (Å²) in [5, 5.41) is 11.0. The molecular formula is C25H43ClN2O4S. The molecule has 33 heavy (non-hydrogen) atoms. The third kappa shape index (κ3) is 12.2. The topological polar surface area (TPSA) is 80.5 Å². The number of rotatable bonds is 20. The van der Waals surface area contributed by atoms with Gasteiger partial charge in [0, 0.05) is 19.7 Å². The van der Waals surface area contributed by atoms with E-state index >= 15 is 0 Å². The first kappa shape index (κ1) is 29.9. The van der Waals surface area contributed by atoms with Gasteiger partial charge in [-0.25, -0.2) is 12.7 Å². The summed E-state index contributed by atoms with van der Waals surface area (Å²) in [6.45, 7) is 2.66. The fourth-order valence-electron chi connectivity index (χ4n) is 3.98. The van der Waals surface area contributed by atoms with E-state index in [-0.39, 0.29) is 9.92 Å². The van der Waals surface area contributed by atoms with Crippen molar-refractivity contribution >= 4 is 27.3 Å². The maximum Gasteiger partial charge on any atom is 0.289 e. The molecule has 0 spiro atoms. The number of unbranched alkanes of at least 4 members (excludes halogenated alkanes) is 15. The van der Waals surface area contributed by atoms with Crippen molar-refractivity contribution in [3.63, 3.8) is 0 Å². The molecule has 8 heteroatoms. The van der Waals surface area contributed by atoms with Crippen LogP contribution >= 0.6 is 11.6 Å². The van der Waals surface area contributed by atoms with E-state index in [1.165, 1.54) is 107 Å². The fraction of sp³-hybridized carbons (Fsp3) is 0.760. The first-order valence-corrected chi connectivity index (χ1v) is 14.5. The molecule has 1 rings (SSSR count). The SMILES string of the molecule is CCCCCCCCCCCCCCCCCCN(C)S(=O)(=O)c1ccc(Cl)c([N+](=O)[O-])c1. The average molecular weight is 503 g/mol. The molecule has 0 aromatic heterocycles. The van der Waals surface area contributed by atoms with Gasteiger partial charge >= 0.3 is 0 Å². The van der Waals surface area contributed by atoms with Crippen molar-refractivity contribution in [1.82, 2.24) is 4.31 Å². The first-order valence-electron chi connectivity index (χ1n) is 12.7. The Balaban J connectivity index is 2.09. The smallest absolute Gasteiger partial charge is 0.258 e. The van der Waals surface area contributed by atoms with Crippen molar-refractivity contribution in [2.75, 3.05) is 13.6 Å². The van der Waals surface area contributed by atoms with Crippen LogP contribution in [0, 0.1) is 10.1 Å². The quantitative estimate of drug-likeness (QED) is 0.102. The van der Waals surface area contributed by atoms with Gasteiger partial charge < -0.3 is 0 Å². The Hall–Kier alpha value is -1.18. The van der Waals surface area contributed by atoms with Gasteiger partial charge in [0.1, 0.15) is 5.02 Å². The van der Waals surface area contributed by atoms with Crippen LogP contribution in [0.4, 0.5) is 5.69 Å². The van der Waals surface area contributed by atoms with Crippen LogP contribution in [0.5, 0.6) is 0 Å². The maximum atomic E-state index is 12.7. The van der Waals surface area contributed by atoms with Gasteiger partial charge in [-0.3, -0.25) is 10.1 Å². The number of hydrogen-bond acceptors (Lipinski definition) is 4. The summed E-state index contributed by atoms with van der Waals surface area (Å²) in [4.78, 5) is 10.3. The van der Waals surface area contributed by atoms with Crippen molar-refractivity contribution in [3.05, 3.63) is 33.3 Å². The lowest BCUT2D eigenvalue weighted by Gasteiger charge is -2.17. The van der Waals surface area contributed by atoms with Crippen LogP contribution in [0.3, 0.4) is 0 Å². The molecule has 0 radical (unpaired) electrons. The van der Waals surface area contributed by atoms with Crippen LogP contribution in [-0.4, -0.2) is 31.2 Å². The van der Waals surface area contributed by atoms with Gasteiger partial charge in [-0.15, -0.1) is 0 Å². The number of benzene rings is 1. The predicted octanol–water partition coefficient (Wildman–Crippen LogP) is 8.13. The predicted molar refractivity (Wildman–Crippen MR) is 137 cm³/mol. The van der Waals surface area contributed by atoms with Gasteiger partial charge in [0.2, 0.25) is 10.0 Å². The number of nitro groups is 1. The summed E-state index contributed by atoms with van der Waals surface area (Å²) < 4.78 is 26.6. The van der Waals surface area contributed by atoms with Crippen LogP contribution in [-0.2, 0) is 10.0 Å². The second-order valence-corrected chi connectivity index (χ2v) is 11.5. The summed E-state index contributed by atoms with van der Waals surface area (Å²) >= 11 is 5.78. The standard InChI is InChI=1S/C25H43ClN2O4S/c1-3-4-5-6-7-8-9-10-11-12-13-14-15-16-17-18-21-27(2)33(31,32)23-19-20-24(26)25(22-23)28(29)30/h19-20,22H,3-18,21H2,1-2H3. The normalized spacial score (nSPS) is 11.9. The Labute approximate surface area is 206 Å². The van der Waals surface area contributed by atoms with E-state index in [4.69, 9.17) is 11.6 Å². The Kier molecular flexibility index (Phi) is 15.6. The third-order valence-corrected chi connectivity index (χ3v) is 8.32. The average Bonchev–Trinajstić information content (AvgIpc) is 2.78. The molecule has 190 valence electrons. The van der Waals surface area contributed by atoms with Gasteiger partial charge in [0.05, 0.1) is 9.82 Å². The fourth-order valence-corrected chi connectivity index (χ4v) is 5.39. The van der Waals surface area contributed by atoms with E-state index in [9.17, 15) is 18.5 Å². The zero-order chi connectivity index (χ0) is 24.5. The Morgan fingerprint density at radius 1 is 0.818 bits per heavy atom. The van der Waals surface area contributed by atoms with Crippen molar-refractivity contribution in [1.29, 1.82) is 0 Å². The third-order valence-electron chi connectivity index (χ3n) is 6.15. The minimum Gasteiger partial charge on any atom is -0.258 e. The molecule has 0 amide bonds. The van der Waals surface area contributed by atoms with Crippen LogP contribution in [0.25, 0.3) is 0 Å². The van der Waals surface area contributed by atoms with Gasteiger partial charge in [-0.05, 0) is 18.6 Å². The number of nitro benzene ring substituents is 1. The zero-order valence-electron chi connectivity index (χ0n) is 20.6. The summed E-state index contributed by atoms with van der Waals surface area (Å²) in [5.41, 5.74) is -0.395. The lowest BCUT2D eigenvalue weighted by Crippen LogP contribution is -2.28. The highest BCUT2D eigenvalue weighted by molar-refractivity contribution is 7.89. The molecular weight excluding hydrogens is 460 g/mol. The number of hydrogen-bond donors (Lipinski definition) is 0. The van der Waals surface area contributed by atoms with Crippen LogP contribution in [0.1, 0.15) is 110 Å². The van der Waals surface area contributed by atoms with Crippen LogP contribution in [0.2, 0.25) is 5.02 Å². The van der Waals surface area contributed by atoms with Gasteiger partial charge in [-0.1, -0.05) is 115 Å². The van der Waals surface area contributed by atoms with Crippen LogP contribution < -0.4 is 0 Å². The van der Waals surface area contributed by atoms with E-state index in [2.05, 4.69) is 6.92 Å². The van der Waals surface area contributed by atoms with Gasteiger partial charge in [0.15, 0.2) is 0 Å². The van der Waals surface area contributed by atoms with E-state index in [1.54, 1.807) is 0 Å². The summed E-state index contributed by atoms with van der Waals surface area (Å²) in [5.74, 6) is 0. The van der Waals surface area contributed by atoms with E-state index in [1.807, 2.05) is 0 Å². The second kappa shape index (κ2) is 17.3. The van der Waals surface area contributed by atoms with Crippen LogP contribution in [0.15, 0.2) is 23.1 Å². The van der Waals surface area contributed by atoms with Gasteiger partial charge in [-0.2, -0.15) is 0 Å². The highest BCUT2D eigenvalue weighted by atomic mass is 35.5. The summed E-state index contributed by atoms with van der Waals surface area (Å²) in [6, 6.07) is 3.60. The molecule has 0 unspecified atom stereocenters. The van der Waals surface area contributed by atoms with Crippen molar-refractivity contribution in [2.45, 2.75) is 115 Å². The molecule has 0 aliphatic rings. The summed E-state index contributed by atoms with van der Waals surface area (Å²) in [7, 11) is -2.25. The second-order valence-electron chi connectivity index (χ2n) is 9.00. The Bertz CT molecular complexity index is 787. The lowest BCUT2D eigenvalue weighted by molar-refractivity contribution is -0.384. The highest BCUT2D eigenvalue weighted by Gasteiger charge is 2.24. The molecule has 0 N–H and O–H groups in total. The van der Waals surface area contributed by atoms with Gasteiger partial charge in [0.25, 0.3) is 5.69 Å². The Morgan fingerprint density at radius 3 is 1.67 bits per heavy atom. The van der Waals surface area contributed by atoms with E-state index in [0.717, 1.165) is 25.3 Å². The van der Waals surface area contributed by atoms with E-state index < -0.39 is 20.6 Å². The number of halogens is 1. The molecule has 0 saturated carbocycles. The zero-order valence-corrected chi connectivity index (χ0v) is 22.1. The Morgan fingerprint density at radius 2 is 1.24 bits per heavy atom. The lowest BCUT2D eigenvalue weighted by atomic mass is 10.0. The number of sulfonamides is 1. The molecule has 0 atom stereocenters. The maximum absolute atomic E-state index is 12.7. The molecule has 1 aromatic rings. The van der Waals surface area contributed by atoms with E-state index in [0.29, 0.717) is 6.54 Å². The molecule has 0 heterocycles. The minimum atomic E-state index is -3.76. The number of nitrogens with zero attached hydrogens (tertiary/aromatic N) is 2.